The number of amides is 2. The van der Waals surface area contributed by atoms with Gasteiger partial charge in [-0.15, -0.1) is 0 Å². The summed E-state index contributed by atoms with van der Waals surface area (Å²) >= 11 is 6.10. The van der Waals surface area contributed by atoms with Crippen LogP contribution in [-0.2, 0) is 26.2 Å². The van der Waals surface area contributed by atoms with E-state index in [1.165, 1.54) is 17.0 Å². The maximum Gasteiger partial charge on any atom is 0.264 e. The molecular weight excluding hydrogens is 558 g/mol. The molecule has 4 rings (SSSR count). The molecule has 1 N–H and O–H groups in total. The second-order valence-electron chi connectivity index (χ2n) is 10.7. The Bertz CT molecular complexity index is 1460. The van der Waals surface area contributed by atoms with Gasteiger partial charge in [0.2, 0.25) is 11.8 Å². The summed E-state index contributed by atoms with van der Waals surface area (Å²) in [4.78, 5) is 29.3. The van der Waals surface area contributed by atoms with Crippen LogP contribution in [0.2, 0.25) is 5.02 Å². The van der Waals surface area contributed by atoms with Crippen molar-refractivity contribution in [2.24, 2.45) is 0 Å². The summed E-state index contributed by atoms with van der Waals surface area (Å²) in [7, 11) is -4.09. The third kappa shape index (κ3) is 7.49. The van der Waals surface area contributed by atoms with Crippen LogP contribution in [0.4, 0.5) is 5.69 Å². The summed E-state index contributed by atoms with van der Waals surface area (Å²) in [6.45, 7) is 5.40. The number of nitrogens with zero attached hydrogens (tertiary/aromatic N) is 2. The van der Waals surface area contributed by atoms with E-state index in [0.717, 1.165) is 46.7 Å². The number of hydrogen-bond donors (Lipinski definition) is 1. The van der Waals surface area contributed by atoms with E-state index < -0.39 is 28.5 Å². The monoisotopic (exact) mass is 595 g/mol. The van der Waals surface area contributed by atoms with Crippen LogP contribution in [-0.4, -0.2) is 43.8 Å². The van der Waals surface area contributed by atoms with E-state index in [1.807, 2.05) is 39.0 Å². The van der Waals surface area contributed by atoms with Crippen molar-refractivity contribution in [3.05, 3.63) is 94.5 Å². The molecule has 0 aromatic heterocycles. The van der Waals surface area contributed by atoms with Gasteiger partial charge in [-0.1, -0.05) is 67.8 Å². The molecule has 1 aliphatic rings. The van der Waals surface area contributed by atoms with Crippen LogP contribution < -0.4 is 9.62 Å². The second kappa shape index (κ2) is 13.5. The first-order valence-corrected chi connectivity index (χ1v) is 15.9. The molecule has 0 radical (unpaired) electrons. The maximum absolute atomic E-state index is 14.2. The molecule has 0 spiro atoms. The van der Waals surface area contributed by atoms with Crippen molar-refractivity contribution in [1.82, 2.24) is 10.2 Å². The zero-order valence-corrected chi connectivity index (χ0v) is 25.4. The number of aryl methyl sites for hydroxylation is 2. The first kappa shape index (κ1) is 30.6. The zero-order valence-electron chi connectivity index (χ0n) is 23.8. The number of rotatable bonds is 11. The van der Waals surface area contributed by atoms with E-state index in [4.69, 9.17) is 11.6 Å². The average Bonchev–Trinajstić information content (AvgIpc) is 3.47. The van der Waals surface area contributed by atoms with Crippen LogP contribution in [0.25, 0.3) is 0 Å². The molecule has 3 aromatic carbocycles. The van der Waals surface area contributed by atoms with E-state index in [1.54, 1.807) is 42.5 Å². The smallest absolute Gasteiger partial charge is 0.264 e. The van der Waals surface area contributed by atoms with Gasteiger partial charge in [0.1, 0.15) is 12.6 Å². The standard InChI is InChI=1S/C32H38ClN3O4S/c1-4-30(32(38)34-27-10-8-9-11-27)35(21-25-15-17-26(33)18-16-25)31(37)22-36(28-19-14-23(2)24(3)20-28)41(39,40)29-12-6-5-7-13-29/h5-7,12-20,27,30H,4,8-11,21-22H2,1-3H3,(H,34,38)/t30-/m1/s1. The fourth-order valence-corrected chi connectivity index (χ4v) is 6.76. The topological polar surface area (TPSA) is 86.8 Å². The Kier molecular flexibility index (Phi) is 10.1. The highest BCUT2D eigenvalue weighted by atomic mass is 35.5. The third-order valence-corrected chi connectivity index (χ3v) is 9.78. The van der Waals surface area contributed by atoms with Crippen molar-refractivity contribution in [2.45, 2.75) is 76.4 Å². The molecule has 1 fully saturated rings. The fourth-order valence-electron chi connectivity index (χ4n) is 5.20. The number of benzene rings is 3. The lowest BCUT2D eigenvalue weighted by Crippen LogP contribution is -2.53. The van der Waals surface area contributed by atoms with Crippen molar-refractivity contribution in [1.29, 1.82) is 0 Å². The quantitative estimate of drug-likeness (QED) is 0.294. The van der Waals surface area contributed by atoms with Crippen LogP contribution in [0.3, 0.4) is 0 Å². The molecule has 0 unspecified atom stereocenters. The number of hydrogen-bond acceptors (Lipinski definition) is 4. The summed E-state index contributed by atoms with van der Waals surface area (Å²) in [6, 6.07) is 19.8. The third-order valence-electron chi connectivity index (χ3n) is 7.74. The highest BCUT2D eigenvalue weighted by Crippen LogP contribution is 2.27. The largest absolute Gasteiger partial charge is 0.352 e. The number of anilines is 1. The Morgan fingerprint density at radius 1 is 0.951 bits per heavy atom. The zero-order chi connectivity index (χ0) is 29.6. The summed E-state index contributed by atoms with van der Waals surface area (Å²) in [5, 5.41) is 3.69. The van der Waals surface area contributed by atoms with Gasteiger partial charge in [-0.3, -0.25) is 13.9 Å². The van der Waals surface area contributed by atoms with Crippen molar-refractivity contribution >= 4 is 39.1 Å². The molecule has 0 saturated heterocycles. The first-order valence-electron chi connectivity index (χ1n) is 14.1. The summed E-state index contributed by atoms with van der Waals surface area (Å²) in [5.41, 5.74) is 3.10. The number of sulfonamides is 1. The number of halogens is 1. The summed E-state index contributed by atoms with van der Waals surface area (Å²) in [6.07, 6.45) is 4.36. The minimum absolute atomic E-state index is 0.0845. The highest BCUT2D eigenvalue weighted by Gasteiger charge is 2.34. The molecule has 218 valence electrons. The lowest BCUT2D eigenvalue weighted by Gasteiger charge is -2.34. The Balaban J connectivity index is 1.72. The molecule has 1 atom stereocenters. The molecule has 0 bridgehead atoms. The van der Waals surface area contributed by atoms with Crippen molar-refractivity contribution in [3.8, 4) is 0 Å². The lowest BCUT2D eigenvalue weighted by molar-refractivity contribution is -0.140. The molecule has 41 heavy (non-hydrogen) atoms. The first-order chi connectivity index (χ1) is 19.6. The summed E-state index contributed by atoms with van der Waals surface area (Å²) in [5.74, 6) is -0.684. The molecule has 3 aromatic rings. The molecule has 1 aliphatic carbocycles. The normalized spacial score (nSPS) is 14.4. The van der Waals surface area contributed by atoms with E-state index in [9.17, 15) is 18.0 Å². The van der Waals surface area contributed by atoms with Gasteiger partial charge in [-0.25, -0.2) is 8.42 Å². The second-order valence-corrected chi connectivity index (χ2v) is 13.0. The predicted molar refractivity (Wildman–Crippen MR) is 163 cm³/mol. The predicted octanol–water partition coefficient (Wildman–Crippen LogP) is 6.02. The van der Waals surface area contributed by atoms with E-state index in [2.05, 4.69) is 5.32 Å². The molecule has 7 nitrogen and oxygen atoms in total. The van der Waals surface area contributed by atoms with Gasteiger partial charge in [-0.2, -0.15) is 0 Å². The molecular formula is C32H38ClN3O4S. The number of carbonyl (C=O) groups excluding carboxylic acids is 2. The SMILES string of the molecule is CC[C@H](C(=O)NC1CCCC1)N(Cc1ccc(Cl)cc1)C(=O)CN(c1ccc(C)c(C)c1)S(=O)(=O)c1ccccc1. The van der Waals surface area contributed by atoms with Crippen molar-refractivity contribution in [3.63, 3.8) is 0 Å². The van der Waals surface area contributed by atoms with E-state index in [-0.39, 0.29) is 23.4 Å². The van der Waals surface area contributed by atoms with Gasteiger partial charge in [0.25, 0.3) is 10.0 Å². The minimum atomic E-state index is -4.09. The maximum atomic E-state index is 14.2. The number of nitrogens with one attached hydrogen (secondary N) is 1. The van der Waals surface area contributed by atoms with Crippen LogP contribution in [0.1, 0.15) is 55.7 Å². The minimum Gasteiger partial charge on any atom is -0.352 e. The van der Waals surface area contributed by atoms with E-state index in [0.29, 0.717) is 17.1 Å². The van der Waals surface area contributed by atoms with E-state index >= 15 is 0 Å². The van der Waals surface area contributed by atoms with Crippen LogP contribution >= 0.6 is 11.6 Å². The fraction of sp³-hybridized carbons (Fsp3) is 0.375. The van der Waals surface area contributed by atoms with Gasteiger partial charge >= 0.3 is 0 Å². The molecule has 0 aliphatic heterocycles. The Labute approximate surface area is 248 Å². The lowest BCUT2D eigenvalue weighted by atomic mass is 10.1. The van der Waals surface area contributed by atoms with Gasteiger partial charge < -0.3 is 10.2 Å². The summed E-state index contributed by atoms with van der Waals surface area (Å²) < 4.78 is 29.0. The Hall–Kier alpha value is -3.36. The van der Waals surface area contributed by atoms with Crippen molar-refractivity contribution < 1.29 is 18.0 Å². The average molecular weight is 596 g/mol. The molecule has 9 heteroatoms. The van der Waals surface area contributed by atoms with Crippen molar-refractivity contribution in [2.75, 3.05) is 10.8 Å². The Morgan fingerprint density at radius 2 is 1.61 bits per heavy atom. The van der Waals surface area contributed by atoms with Gasteiger partial charge in [-0.05, 0) is 86.2 Å². The van der Waals surface area contributed by atoms with Crippen LogP contribution in [0.15, 0.2) is 77.7 Å². The van der Waals surface area contributed by atoms with Gasteiger partial charge in [0.15, 0.2) is 0 Å². The number of carbonyl (C=O) groups is 2. The molecule has 2 amide bonds. The highest BCUT2D eigenvalue weighted by molar-refractivity contribution is 7.92. The van der Waals surface area contributed by atoms with Crippen LogP contribution in [0.5, 0.6) is 0 Å². The molecule has 0 heterocycles. The van der Waals surface area contributed by atoms with Gasteiger partial charge in [0.05, 0.1) is 10.6 Å². The van der Waals surface area contributed by atoms with Gasteiger partial charge in [0, 0.05) is 17.6 Å². The molecule has 1 saturated carbocycles. The Morgan fingerprint density at radius 3 is 2.22 bits per heavy atom. The van der Waals surface area contributed by atoms with Crippen LogP contribution in [0, 0.1) is 13.8 Å².